The molecule has 1 unspecified atom stereocenters. The van der Waals surface area contributed by atoms with Crippen molar-refractivity contribution in [3.63, 3.8) is 0 Å². The van der Waals surface area contributed by atoms with E-state index in [1.165, 1.54) is 6.20 Å². The second-order valence-electron chi connectivity index (χ2n) is 11.0. The van der Waals surface area contributed by atoms with Gasteiger partial charge in [-0.2, -0.15) is 0 Å². The number of rotatable bonds is 8. The molecule has 0 radical (unpaired) electrons. The van der Waals surface area contributed by atoms with Crippen LogP contribution in [-0.2, 0) is 20.6 Å². The quantitative estimate of drug-likeness (QED) is 0.544. The van der Waals surface area contributed by atoms with E-state index in [1.54, 1.807) is 13.2 Å². The topological polar surface area (TPSA) is 91.8 Å². The van der Waals surface area contributed by atoms with Crippen molar-refractivity contribution in [3.05, 3.63) is 29.7 Å². The zero-order valence-corrected chi connectivity index (χ0v) is 21.8. The van der Waals surface area contributed by atoms with Crippen LogP contribution in [-0.4, -0.2) is 60.2 Å². The molecule has 198 valence electrons. The molecule has 1 N–H and O–H groups in total. The molecule has 2 aromatic rings. The fourth-order valence-corrected chi connectivity index (χ4v) is 5.13. The first kappa shape index (κ1) is 26.5. The van der Waals surface area contributed by atoms with E-state index in [1.807, 2.05) is 26.8 Å². The molecule has 2 aliphatic rings. The Balaban J connectivity index is 1.39. The van der Waals surface area contributed by atoms with Gasteiger partial charge in [-0.1, -0.05) is 0 Å². The SMILES string of the molecule is COCC1(NC(=O)OC(C)(C)C)CCC(CCc2c(F)cnc3ccc(OC4CCOC4)nc23)CC1. The van der Waals surface area contributed by atoms with Gasteiger partial charge in [0.2, 0.25) is 5.88 Å². The van der Waals surface area contributed by atoms with E-state index in [-0.39, 0.29) is 11.9 Å². The lowest BCUT2D eigenvalue weighted by molar-refractivity contribution is 0.0245. The molecule has 8 nitrogen and oxygen atoms in total. The number of aryl methyl sites for hydroxylation is 1. The first-order valence-corrected chi connectivity index (χ1v) is 12.8. The third-order valence-corrected chi connectivity index (χ3v) is 6.97. The summed E-state index contributed by atoms with van der Waals surface area (Å²) < 4.78 is 37.1. The normalized spacial score (nSPS) is 24.6. The molecular formula is C27H38FN3O5. The van der Waals surface area contributed by atoms with Crippen molar-refractivity contribution in [2.24, 2.45) is 5.92 Å². The highest BCUT2D eigenvalue weighted by Crippen LogP contribution is 2.36. The van der Waals surface area contributed by atoms with E-state index in [0.29, 0.717) is 54.6 Å². The highest BCUT2D eigenvalue weighted by Gasteiger charge is 2.38. The average molecular weight is 504 g/mol. The van der Waals surface area contributed by atoms with Gasteiger partial charge < -0.3 is 24.3 Å². The highest BCUT2D eigenvalue weighted by atomic mass is 19.1. The highest BCUT2D eigenvalue weighted by molar-refractivity contribution is 5.78. The van der Waals surface area contributed by atoms with Gasteiger partial charge in [-0.15, -0.1) is 0 Å². The van der Waals surface area contributed by atoms with Crippen LogP contribution in [0, 0.1) is 11.7 Å². The summed E-state index contributed by atoms with van der Waals surface area (Å²) in [5.74, 6) is 0.544. The summed E-state index contributed by atoms with van der Waals surface area (Å²) in [6, 6.07) is 3.61. The predicted molar refractivity (Wildman–Crippen MR) is 134 cm³/mol. The lowest BCUT2D eigenvalue weighted by atomic mass is 9.75. The Morgan fingerprint density at radius 1 is 1.25 bits per heavy atom. The number of alkyl carbamates (subject to hydrolysis) is 1. The number of nitrogens with zero attached hydrogens (tertiary/aromatic N) is 2. The minimum atomic E-state index is -0.559. The van der Waals surface area contributed by atoms with E-state index >= 15 is 0 Å². The molecule has 0 aromatic carbocycles. The van der Waals surface area contributed by atoms with E-state index in [9.17, 15) is 9.18 Å². The maximum atomic E-state index is 14.9. The van der Waals surface area contributed by atoms with Gasteiger partial charge in [0.25, 0.3) is 0 Å². The number of carbonyl (C=O) groups is 1. The fraction of sp³-hybridized carbons (Fsp3) is 0.667. The molecule has 0 bridgehead atoms. The zero-order valence-electron chi connectivity index (χ0n) is 21.8. The molecule has 1 amide bonds. The van der Waals surface area contributed by atoms with Crippen LogP contribution in [0.1, 0.15) is 64.9 Å². The summed E-state index contributed by atoms with van der Waals surface area (Å²) in [4.78, 5) is 21.3. The third-order valence-electron chi connectivity index (χ3n) is 6.97. The molecule has 3 heterocycles. The van der Waals surface area contributed by atoms with Crippen LogP contribution in [0.2, 0.25) is 0 Å². The van der Waals surface area contributed by atoms with Crippen LogP contribution in [0.3, 0.4) is 0 Å². The third kappa shape index (κ3) is 6.82. The minimum Gasteiger partial charge on any atom is -0.472 e. The first-order chi connectivity index (χ1) is 17.2. The van der Waals surface area contributed by atoms with Gasteiger partial charge in [0.15, 0.2) is 0 Å². The molecule has 0 spiro atoms. The Labute approximate surface area is 212 Å². The zero-order chi connectivity index (χ0) is 25.8. The van der Waals surface area contributed by atoms with Crippen LogP contribution in [0.4, 0.5) is 9.18 Å². The molecular weight excluding hydrogens is 465 g/mol. The number of ether oxygens (including phenoxy) is 4. The molecule has 1 aliphatic carbocycles. The molecule has 4 rings (SSSR count). The largest absolute Gasteiger partial charge is 0.472 e. The Kier molecular flexibility index (Phi) is 8.30. The van der Waals surface area contributed by atoms with Gasteiger partial charge >= 0.3 is 6.09 Å². The standard InChI is InChI=1S/C27H38FN3O5/c1-26(2,3)36-25(32)31-27(17-33-4)12-9-18(10-13-27)5-6-20-21(28)15-29-22-7-8-23(30-24(20)22)35-19-11-14-34-16-19/h7-8,15,18-19H,5-6,9-14,16-17H2,1-4H3,(H,31,32). The second kappa shape index (κ2) is 11.3. The van der Waals surface area contributed by atoms with Crippen molar-refractivity contribution >= 4 is 17.1 Å². The van der Waals surface area contributed by atoms with Crippen LogP contribution >= 0.6 is 0 Å². The van der Waals surface area contributed by atoms with Crippen molar-refractivity contribution in [2.45, 2.75) is 83.0 Å². The van der Waals surface area contributed by atoms with Crippen LogP contribution in [0.5, 0.6) is 5.88 Å². The van der Waals surface area contributed by atoms with E-state index in [0.717, 1.165) is 38.5 Å². The van der Waals surface area contributed by atoms with Crippen LogP contribution < -0.4 is 10.1 Å². The molecule has 1 aliphatic heterocycles. The van der Waals surface area contributed by atoms with Gasteiger partial charge in [0, 0.05) is 25.2 Å². The van der Waals surface area contributed by atoms with Gasteiger partial charge in [0.05, 0.1) is 42.6 Å². The number of amides is 1. The van der Waals surface area contributed by atoms with E-state index in [4.69, 9.17) is 18.9 Å². The first-order valence-electron chi connectivity index (χ1n) is 12.8. The van der Waals surface area contributed by atoms with Crippen molar-refractivity contribution in [2.75, 3.05) is 26.9 Å². The van der Waals surface area contributed by atoms with E-state index < -0.39 is 17.2 Å². The lowest BCUT2D eigenvalue weighted by Gasteiger charge is -2.40. The average Bonchev–Trinajstić information content (AvgIpc) is 3.31. The van der Waals surface area contributed by atoms with E-state index in [2.05, 4.69) is 15.3 Å². The number of halogens is 1. The molecule has 2 fully saturated rings. The Morgan fingerprint density at radius 2 is 2.03 bits per heavy atom. The van der Waals surface area contributed by atoms with Crippen molar-refractivity contribution in [1.82, 2.24) is 15.3 Å². The number of aromatic nitrogens is 2. The van der Waals surface area contributed by atoms with Gasteiger partial charge in [0.1, 0.15) is 17.5 Å². The summed E-state index contributed by atoms with van der Waals surface area (Å²) in [5.41, 5.74) is 0.790. The van der Waals surface area contributed by atoms with Gasteiger partial charge in [-0.25, -0.2) is 14.2 Å². The molecule has 1 saturated heterocycles. The fourth-order valence-electron chi connectivity index (χ4n) is 5.13. The summed E-state index contributed by atoms with van der Waals surface area (Å²) in [5, 5.41) is 3.07. The summed E-state index contributed by atoms with van der Waals surface area (Å²) in [6.07, 6.45) is 6.43. The maximum Gasteiger partial charge on any atom is 0.408 e. The number of hydrogen-bond donors (Lipinski definition) is 1. The van der Waals surface area contributed by atoms with Crippen molar-refractivity contribution in [3.8, 4) is 5.88 Å². The van der Waals surface area contributed by atoms with Crippen molar-refractivity contribution in [1.29, 1.82) is 0 Å². The summed E-state index contributed by atoms with van der Waals surface area (Å²) >= 11 is 0. The number of methoxy groups -OCH3 is 1. The smallest absolute Gasteiger partial charge is 0.408 e. The Bertz CT molecular complexity index is 1040. The molecule has 9 heteroatoms. The molecule has 2 aromatic heterocycles. The Hall–Kier alpha value is -2.52. The number of fused-ring (bicyclic) bond motifs is 1. The molecule has 1 atom stereocenters. The maximum absolute atomic E-state index is 14.9. The van der Waals surface area contributed by atoms with Gasteiger partial charge in [-0.3, -0.25) is 4.98 Å². The predicted octanol–water partition coefficient (Wildman–Crippen LogP) is 4.97. The number of carbonyl (C=O) groups excluding carboxylic acids is 1. The van der Waals surface area contributed by atoms with Crippen molar-refractivity contribution < 1.29 is 28.1 Å². The molecule has 36 heavy (non-hydrogen) atoms. The number of hydrogen-bond acceptors (Lipinski definition) is 7. The molecule has 1 saturated carbocycles. The second-order valence-corrected chi connectivity index (χ2v) is 11.0. The number of nitrogens with one attached hydrogen (secondary N) is 1. The summed E-state index contributed by atoms with van der Waals surface area (Å²) in [7, 11) is 1.65. The minimum absolute atomic E-state index is 0.0242. The monoisotopic (exact) mass is 503 g/mol. The van der Waals surface area contributed by atoms with Crippen LogP contribution in [0.15, 0.2) is 18.3 Å². The number of pyridine rings is 2. The van der Waals surface area contributed by atoms with Gasteiger partial charge in [-0.05, 0) is 71.3 Å². The lowest BCUT2D eigenvalue weighted by Crippen LogP contribution is -2.54. The van der Waals surface area contributed by atoms with Crippen LogP contribution in [0.25, 0.3) is 11.0 Å². The Morgan fingerprint density at radius 3 is 2.69 bits per heavy atom. The summed E-state index contributed by atoms with van der Waals surface area (Å²) in [6.45, 7) is 7.20.